The Hall–Kier alpha value is -1.69. The summed E-state index contributed by atoms with van der Waals surface area (Å²) in [4.78, 5) is 12.4. The van der Waals surface area contributed by atoms with Gasteiger partial charge in [0.2, 0.25) is 5.91 Å². The van der Waals surface area contributed by atoms with E-state index in [1.165, 1.54) is 103 Å². The van der Waals surface area contributed by atoms with Crippen molar-refractivity contribution in [2.45, 2.75) is 199 Å². The van der Waals surface area contributed by atoms with Crippen molar-refractivity contribution in [2.75, 3.05) is 6.61 Å². The lowest BCUT2D eigenvalue weighted by Crippen LogP contribution is -2.50. The van der Waals surface area contributed by atoms with Gasteiger partial charge in [-0.2, -0.15) is 0 Å². The summed E-state index contributed by atoms with van der Waals surface area (Å²) < 4.78 is 0. The van der Waals surface area contributed by atoms with Gasteiger partial charge in [0, 0.05) is 6.42 Å². The zero-order valence-electron chi connectivity index (χ0n) is 30.2. The summed E-state index contributed by atoms with van der Waals surface area (Å²) in [6.07, 6.45) is 44.9. The van der Waals surface area contributed by atoms with Gasteiger partial charge in [-0.05, 0) is 77.0 Å². The fourth-order valence-corrected chi connectivity index (χ4v) is 5.58. The molecule has 3 atom stereocenters. The summed E-state index contributed by atoms with van der Waals surface area (Å²) in [6.45, 7) is 4.11. The van der Waals surface area contributed by atoms with Gasteiger partial charge in [-0.15, -0.1) is 0 Å². The molecule has 0 fully saturated rings. The Kier molecular flexibility index (Phi) is 34.8. The number of nitrogens with one attached hydrogen (secondary N) is 1. The van der Waals surface area contributed by atoms with Gasteiger partial charge in [0.05, 0.1) is 18.8 Å². The minimum Gasteiger partial charge on any atom is -0.394 e. The van der Waals surface area contributed by atoms with Crippen LogP contribution in [0.1, 0.15) is 181 Å². The van der Waals surface area contributed by atoms with Crippen LogP contribution in [0.15, 0.2) is 48.6 Å². The quantitative estimate of drug-likeness (QED) is 0.0318. The molecule has 5 heteroatoms. The number of amides is 1. The van der Waals surface area contributed by atoms with E-state index in [9.17, 15) is 20.1 Å². The minimum atomic E-state index is -1.17. The summed E-state index contributed by atoms with van der Waals surface area (Å²) in [6, 6.07) is -0.838. The molecule has 0 radical (unpaired) electrons. The molecule has 0 saturated carbocycles. The Balaban J connectivity index is 3.79. The van der Waals surface area contributed by atoms with Crippen LogP contribution in [0.4, 0.5) is 0 Å². The summed E-state index contributed by atoms with van der Waals surface area (Å²) in [5, 5.41) is 33.4. The number of carbonyl (C=O) groups is 1. The van der Waals surface area contributed by atoms with Crippen LogP contribution in [-0.4, -0.2) is 46.1 Å². The zero-order valence-corrected chi connectivity index (χ0v) is 30.2. The van der Waals surface area contributed by atoms with Crippen LogP contribution in [0, 0.1) is 0 Å². The van der Waals surface area contributed by atoms with Crippen LogP contribution >= 0.6 is 0 Å². The number of rotatable bonds is 34. The van der Waals surface area contributed by atoms with Crippen molar-refractivity contribution in [1.29, 1.82) is 0 Å². The molecule has 5 nitrogen and oxygen atoms in total. The molecule has 0 aliphatic heterocycles. The lowest BCUT2D eigenvalue weighted by atomic mass is 10.0. The molecular weight excluding hydrogens is 570 g/mol. The second-order valence-electron chi connectivity index (χ2n) is 13.1. The Labute approximate surface area is 285 Å². The Morgan fingerprint density at radius 3 is 1.50 bits per heavy atom. The van der Waals surface area contributed by atoms with Crippen molar-refractivity contribution in [3.8, 4) is 0 Å². The average molecular weight is 646 g/mol. The van der Waals surface area contributed by atoms with Crippen LogP contribution in [0.5, 0.6) is 0 Å². The summed E-state index contributed by atoms with van der Waals surface area (Å²) in [5.74, 6) is -0.173. The van der Waals surface area contributed by atoms with Gasteiger partial charge < -0.3 is 20.6 Å². The molecule has 3 unspecified atom stereocenters. The van der Waals surface area contributed by atoms with Crippen molar-refractivity contribution in [3.05, 3.63) is 48.6 Å². The van der Waals surface area contributed by atoms with Crippen molar-refractivity contribution in [3.63, 3.8) is 0 Å². The number of hydrogen-bond donors (Lipinski definition) is 4. The lowest BCUT2D eigenvalue weighted by Gasteiger charge is -2.26. The maximum atomic E-state index is 12.4. The van der Waals surface area contributed by atoms with Crippen LogP contribution in [0.3, 0.4) is 0 Å². The van der Waals surface area contributed by atoms with Gasteiger partial charge in [-0.25, -0.2) is 0 Å². The van der Waals surface area contributed by atoms with E-state index in [-0.39, 0.29) is 12.5 Å². The summed E-state index contributed by atoms with van der Waals surface area (Å²) in [7, 11) is 0. The van der Waals surface area contributed by atoms with E-state index in [0.29, 0.717) is 12.8 Å². The molecule has 0 aliphatic rings. The molecule has 0 spiro atoms. The van der Waals surface area contributed by atoms with Crippen molar-refractivity contribution in [1.82, 2.24) is 5.32 Å². The van der Waals surface area contributed by atoms with E-state index in [0.717, 1.165) is 51.4 Å². The number of aliphatic hydroxyl groups is 3. The summed E-state index contributed by atoms with van der Waals surface area (Å²) >= 11 is 0. The highest BCUT2D eigenvalue weighted by molar-refractivity contribution is 5.76. The molecule has 0 rings (SSSR count). The molecule has 0 aliphatic carbocycles. The molecule has 0 aromatic carbocycles. The molecular formula is C41H75NO4. The Morgan fingerprint density at radius 1 is 0.543 bits per heavy atom. The average Bonchev–Trinajstić information content (AvgIpc) is 3.06. The molecule has 1 amide bonds. The predicted molar refractivity (Wildman–Crippen MR) is 199 cm³/mol. The fraction of sp³-hybridized carbons (Fsp3) is 0.780. The molecule has 268 valence electrons. The molecule has 0 aromatic rings. The Bertz CT molecular complexity index is 760. The molecule has 0 bridgehead atoms. The van der Waals surface area contributed by atoms with Gasteiger partial charge in [-0.3, -0.25) is 4.79 Å². The summed E-state index contributed by atoms with van der Waals surface area (Å²) in [5.41, 5.74) is 0. The van der Waals surface area contributed by atoms with Crippen LogP contribution in [0.2, 0.25) is 0 Å². The van der Waals surface area contributed by atoms with Crippen molar-refractivity contribution in [2.24, 2.45) is 0 Å². The number of carbonyl (C=O) groups excluding carboxylic acids is 1. The standard InChI is InChI=1S/C41H75NO4/c1-3-5-7-9-11-13-15-17-19-20-22-23-25-27-29-31-33-35-39(44)41(46)38(37-43)42-40(45)36-34-32-30-28-26-24-21-18-16-14-12-10-8-6-4-2/h12,14,16,18,20,22,27,29,38-39,41,43-44,46H,3-11,13,15,17,19,21,23-26,28,30-37H2,1-2H3,(H,42,45)/b14-12-,18-16-,22-20+,29-27+. The first-order valence-electron chi connectivity index (χ1n) is 19.4. The monoisotopic (exact) mass is 646 g/mol. The van der Waals surface area contributed by atoms with Crippen molar-refractivity contribution >= 4 is 5.91 Å². The minimum absolute atomic E-state index is 0.173. The molecule has 0 heterocycles. The smallest absolute Gasteiger partial charge is 0.220 e. The molecule has 46 heavy (non-hydrogen) atoms. The second-order valence-corrected chi connectivity index (χ2v) is 13.1. The normalized spacial score (nSPS) is 14.3. The zero-order chi connectivity index (χ0) is 33.8. The third kappa shape index (κ3) is 30.9. The van der Waals surface area contributed by atoms with Crippen LogP contribution < -0.4 is 5.32 Å². The highest BCUT2D eigenvalue weighted by Crippen LogP contribution is 2.13. The van der Waals surface area contributed by atoms with Gasteiger partial charge in [0.1, 0.15) is 6.10 Å². The maximum absolute atomic E-state index is 12.4. The van der Waals surface area contributed by atoms with Gasteiger partial charge in [0.25, 0.3) is 0 Å². The van der Waals surface area contributed by atoms with E-state index in [2.05, 4.69) is 67.8 Å². The number of aliphatic hydroxyl groups excluding tert-OH is 3. The highest BCUT2D eigenvalue weighted by atomic mass is 16.3. The first-order chi connectivity index (χ1) is 22.6. The third-order valence-corrected chi connectivity index (χ3v) is 8.66. The number of hydrogen-bond acceptors (Lipinski definition) is 4. The number of allylic oxidation sites excluding steroid dienone is 8. The molecule has 0 aromatic heterocycles. The second kappa shape index (κ2) is 36.2. The van der Waals surface area contributed by atoms with E-state index >= 15 is 0 Å². The first-order valence-corrected chi connectivity index (χ1v) is 19.4. The van der Waals surface area contributed by atoms with E-state index < -0.39 is 18.2 Å². The van der Waals surface area contributed by atoms with Gasteiger partial charge in [-0.1, -0.05) is 146 Å². The maximum Gasteiger partial charge on any atom is 0.220 e. The van der Waals surface area contributed by atoms with Crippen molar-refractivity contribution < 1.29 is 20.1 Å². The fourth-order valence-electron chi connectivity index (χ4n) is 5.58. The van der Waals surface area contributed by atoms with Crippen LogP contribution in [-0.2, 0) is 4.79 Å². The van der Waals surface area contributed by atoms with E-state index in [1.807, 2.05) is 0 Å². The lowest BCUT2D eigenvalue weighted by molar-refractivity contribution is -0.124. The number of unbranched alkanes of at least 4 members (excludes halogenated alkanes) is 19. The predicted octanol–water partition coefficient (Wildman–Crippen LogP) is 10.6. The topological polar surface area (TPSA) is 89.8 Å². The Morgan fingerprint density at radius 2 is 0.957 bits per heavy atom. The van der Waals surface area contributed by atoms with E-state index in [1.54, 1.807) is 0 Å². The van der Waals surface area contributed by atoms with Crippen LogP contribution in [0.25, 0.3) is 0 Å². The molecule has 0 saturated heterocycles. The van der Waals surface area contributed by atoms with Gasteiger partial charge in [0.15, 0.2) is 0 Å². The largest absolute Gasteiger partial charge is 0.394 e. The first kappa shape index (κ1) is 44.3. The van der Waals surface area contributed by atoms with Gasteiger partial charge >= 0.3 is 0 Å². The van der Waals surface area contributed by atoms with E-state index in [4.69, 9.17) is 0 Å². The third-order valence-electron chi connectivity index (χ3n) is 8.66. The highest BCUT2D eigenvalue weighted by Gasteiger charge is 2.26. The molecule has 4 N–H and O–H groups in total. The SMILES string of the molecule is CCCCC/C=C\C=C/CCCCCCCCC(=O)NC(CO)C(O)C(O)CCC/C=C/CC/C=C/CCCCCCCCCC.